The van der Waals surface area contributed by atoms with Crippen LogP contribution in [-0.4, -0.2) is 36.7 Å². The number of hydrogen-bond acceptors (Lipinski definition) is 3. The van der Waals surface area contributed by atoms with Gasteiger partial charge in [-0.15, -0.1) is 0 Å². The molecule has 1 unspecified atom stereocenters. The zero-order valence-corrected chi connectivity index (χ0v) is 13.0. The molecule has 1 aromatic carbocycles. The Morgan fingerprint density at radius 3 is 2.86 bits per heavy atom. The fraction of sp³-hybridized carbons (Fsp3) is 0.588. The van der Waals surface area contributed by atoms with Crippen molar-refractivity contribution in [1.82, 2.24) is 10.2 Å². The van der Waals surface area contributed by atoms with Crippen LogP contribution in [0.4, 0.5) is 4.79 Å². The standard InChI is InChI=1S/C17H26N2O2/c1-14(2)11-19-10-6-9-16(12-19)18-17(20)21-13-15-7-4-3-5-8-15/h3-5,7-8,14,16H,6,9-13H2,1-2H3,(H,18,20). The molecule has 2 rings (SSSR count). The molecule has 1 N–H and O–H groups in total. The largest absolute Gasteiger partial charge is 0.445 e. The highest BCUT2D eigenvalue weighted by Gasteiger charge is 2.22. The first-order valence-electron chi connectivity index (χ1n) is 7.83. The number of piperidine rings is 1. The van der Waals surface area contributed by atoms with Gasteiger partial charge < -0.3 is 15.0 Å². The molecule has 0 saturated carbocycles. The van der Waals surface area contributed by atoms with Gasteiger partial charge in [0.2, 0.25) is 0 Å². The number of likely N-dealkylation sites (tertiary alicyclic amines) is 1. The molecule has 1 aromatic rings. The molecule has 0 bridgehead atoms. The van der Waals surface area contributed by atoms with Gasteiger partial charge in [0.1, 0.15) is 6.61 Å². The molecule has 1 aliphatic heterocycles. The summed E-state index contributed by atoms with van der Waals surface area (Å²) in [6.07, 6.45) is 1.86. The zero-order valence-electron chi connectivity index (χ0n) is 13.0. The highest BCUT2D eigenvalue weighted by atomic mass is 16.5. The highest BCUT2D eigenvalue weighted by molar-refractivity contribution is 5.67. The van der Waals surface area contributed by atoms with Crippen molar-refractivity contribution in [2.45, 2.75) is 39.3 Å². The monoisotopic (exact) mass is 290 g/mol. The molecule has 0 spiro atoms. The van der Waals surface area contributed by atoms with E-state index < -0.39 is 0 Å². The number of carbonyl (C=O) groups excluding carboxylic acids is 1. The van der Waals surface area contributed by atoms with E-state index in [1.54, 1.807) is 0 Å². The molecule has 1 saturated heterocycles. The molecule has 1 heterocycles. The van der Waals surface area contributed by atoms with E-state index in [1.807, 2.05) is 30.3 Å². The van der Waals surface area contributed by atoms with Crippen molar-refractivity contribution in [2.24, 2.45) is 5.92 Å². The van der Waals surface area contributed by atoms with Crippen molar-refractivity contribution in [2.75, 3.05) is 19.6 Å². The maximum atomic E-state index is 11.9. The van der Waals surface area contributed by atoms with Crippen LogP contribution in [0.15, 0.2) is 30.3 Å². The molecule has 116 valence electrons. The number of nitrogens with one attached hydrogen (secondary N) is 1. The van der Waals surface area contributed by atoms with E-state index in [2.05, 4.69) is 24.1 Å². The van der Waals surface area contributed by atoms with Gasteiger partial charge in [-0.2, -0.15) is 0 Å². The number of amides is 1. The first-order valence-corrected chi connectivity index (χ1v) is 7.83. The third-order valence-corrected chi connectivity index (χ3v) is 3.66. The Balaban J connectivity index is 1.72. The molecule has 4 nitrogen and oxygen atoms in total. The van der Waals surface area contributed by atoms with Gasteiger partial charge in [-0.05, 0) is 30.9 Å². The molecule has 1 fully saturated rings. The second kappa shape index (κ2) is 8.03. The number of rotatable bonds is 5. The van der Waals surface area contributed by atoms with E-state index in [4.69, 9.17) is 4.74 Å². The summed E-state index contributed by atoms with van der Waals surface area (Å²) < 4.78 is 5.28. The molecule has 0 radical (unpaired) electrons. The molecule has 4 heteroatoms. The van der Waals surface area contributed by atoms with Crippen LogP contribution in [-0.2, 0) is 11.3 Å². The minimum Gasteiger partial charge on any atom is -0.445 e. The Bertz CT molecular complexity index is 434. The van der Waals surface area contributed by atoms with Gasteiger partial charge in [0, 0.05) is 19.1 Å². The van der Waals surface area contributed by atoms with E-state index in [-0.39, 0.29) is 12.1 Å². The third-order valence-electron chi connectivity index (χ3n) is 3.66. The maximum Gasteiger partial charge on any atom is 0.407 e. The van der Waals surface area contributed by atoms with Gasteiger partial charge in [-0.25, -0.2) is 4.79 Å². The van der Waals surface area contributed by atoms with Crippen LogP contribution in [0.2, 0.25) is 0 Å². The minimum atomic E-state index is -0.310. The number of alkyl carbamates (subject to hydrolysis) is 1. The van der Waals surface area contributed by atoms with Gasteiger partial charge in [0.15, 0.2) is 0 Å². The Morgan fingerprint density at radius 1 is 1.38 bits per heavy atom. The smallest absolute Gasteiger partial charge is 0.407 e. The fourth-order valence-electron chi connectivity index (χ4n) is 2.79. The van der Waals surface area contributed by atoms with Crippen LogP contribution in [0, 0.1) is 5.92 Å². The molecular formula is C17H26N2O2. The predicted octanol–water partition coefficient (Wildman–Crippen LogP) is 3.03. The van der Waals surface area contributed by atoms with Crippen molar-refractivity contribution >= 4 is 6.09 Å². The number of benzene rings is 1. The normalized spacial score (nSPS) is 19.5. The summed E-state index contributed by atoms with van der Waals surface area (Å²) in [5.41, 5.74) is 1.01. The summed E-state index contributed by atoms with van der Waals surface area (Å²) in [6.45, 7) is 7.94. The number of hydrogen-bond donors (Lipinski definition) is 1. The Hall–Kier alpha value is -1.55. The summed E-state index contributed by atoms with van der Waals surface area (Å²) in [5, 5.41) is 2.99. The van der Waals surface area contributed by atoms with Gasteiger partial charge in [0.25, 0.3) is 0 Å². The lowest BCUT2D eigenvalue weighted by Crippen LogP contribution is -2.48. The Kier molecular flexibility index (Phi) is 6.05. The van der Waals surface area contributed by atoms with Crippen molar-refractivity contribution < 1.29 is 9.53 Å². The Morgan fingerprint density at radius 2 is 2.14 bits per heavy atom. The lowest BCUT2D eigenvalue weighted by molar-refractivity contribution is 0.121. The predicted molar refractivity (Wildman–Crippen MR) is 84.1 cm³/mol. The SMILES string of the molecule is CC(C)CN1CCCC(NC(=O)OCc2ccccc2)C1. The molecule has 0 aliphatic carbocycles. The van der Waals surface area contributed by atoms with Crippen LogP contribution in [0.3, 0.4) is 0 Å². The van der Waals surface area contributed by atoms with E-state index in [0.29, 0.717) is 12.5 Å². The summed E-state index contributed by atoms with van der Waals surface area (Å²) >= 11 is 0. The third kappa shape index (κ3) is 5.76. The van der Waals surface area contributed by atoms with Crippen LogP contribution in [0.1, 0.15) is 32.3 Å². The first kappa shape index (κ1) is 15.8. The minimum absolute atomic E-state index is 0.209. The first-order chi connectivity index (χ1) is 10.1. The van der Waals surface area contributed by atoms with E-state index in [1.165, 1.54) is 0 Å². The van der Waals surface area contributed by atoms with Crippen LogP contribution >= 0.6 is 0 Å². The number of ether oxygens (including phenoxy) is 1. The Labute approximate surface area is 127 Å². The lowest BCUT2D eigenvalue weighted by Gasteiger charge is -2.33. The molecule has 1 atom stereocenters. The lowest BCUT2D eigenvalue weighted by atomic mass is 10.0. The molecule has 0 aromatic heterocycles. The molecular weight excluding hydrogens is 264 g/mol. The van der Waals surface area contributed by atoms with Crippen molar-refractivity contribution in [3.05, 3.63) is 35.9 Å². The zero-order chi connectivity index (χ0) is 15.1. The van der Waals surface area contributed by atoms with Crippen molar-refractivity contribution in [3.63, 3.8) is 0 Å². The van der Waals surface area contributed by atoms with Crippen molar-refractivity contribution in [3.8, 4) is 0 Å². The summed E-state index contributed by atoms with van der Waals surface area (Å²) in [5.74, 6) is 0.661. The van der Waals surface area contributed by atoms with Crippen LogP contribution in [0.25, 0.3) is 0 Å². The molecule has 1 amide bonds. The topological polar surface area (TPSA) is 41.6 Å². The number of carbonyl (C=O) groups is 1. The highest BCUT2D eigenvalue weighted by Crippen LogP contribution is 2.12. The quantitative estimate of drug-likeness (QED) is 0.906. The summed E-state index contributed by atoms with van der Waals surface area (Å²) in [7, 11) is 0. The molecule has 1 aliphatic rings. The van der Waals surface area contributed by atoms with E-state index in [0.717, 1.165) is 38.0 Å². The number of nitrogens with zero attached hydrogens (tertiary/aromatic N) is 1. The van der Waals surface area contributed by atoms with Gasteiger partial charge in [0.05, 0.1) is 0 Å². The second-order valence-corrected chi connectivity index (χ2v) is 6.20. The second-order valence-electron chi connectivity index (χ2n) is 6.20. The average molecular weight is 290 g/mol. The van der Waals surface area contributed by atoms with Gasteiger partial charge in [-0.3, -0.25) is 0 Å². The maximum absolute atomic E-state index is 11.9. The summed E-state index contributed by atoms with van der Waals surface area (Å²) in [6, 6.07) is 9.97. The van der Waals surface area contributed by atoms with E-state index in [9.17, 15) is 4.79 Å². The van der Waals surface area contributed by atoms with Gasteiger partial charge >= 0.3 is 6.09 Å². The van der Waals surface area contributed by atoms with Crippen LogP contribution < -0.4 is 5.32 Å². The summed E-state index contributed by atoms with van der Waals surface area (Å²) in [4.78, 5) is 14.3. The van der Waals surface area contributed by atoms with Crippen molar-refractivity contribution in [1.29, 1.82) is 0 Å². The fourth-order valence-corrected chi connectivity index (χ4v) is 2.79. The molecule has 21 heavy (non-hydrogen) atoms. The average Bonchev–Trinajstić information content (AvgIpc) is 2.46. The van der Waals surface area contributed by atoms with Gasteiger partial charge in [-0.1, -0.05) is 44.2 Å². The van der Waals surface area contributed by atoms with E-state index >= 15 is 0 Å². The van der Waals surface area contributed by atoms with Crippen LogP contribution in [0.5, 0.6) is 0 Å².